The minimum atomic E-state index is -0.562. The molecule has 0 atom stereocenters. The Balaban J connectivity index is 2.18. The molecule has 1 aromatic carbocycles. The van der Waals surface area contributed by atoms with Gasteiger partial charge in [-0.2, -0.15) is 0 Å². The minimum Gasteiger partial charge on any atom is -0.312 e. The molecule has 0 unspecified atom stereocenters. The molecule has 0 aliphatic carbocycles. The van der Waals surface area contributed by atoms with Crippen LogP contribution >= 0.6 is 34.5 Å². The summed E-state index contributed by atoms with van der Waals surface area (Å²) in [5.74, 6) is -0.562. The first-order valence-corrected chi connectivity index (χ1v) is 7.63. The SMILES string of the molecule is CCCNCc1ccc(-c2cc(Cl)c(F)c(Cl)c2)s1. The zero-order valence-corrected chi connectivity index (χ0v) is 12.8. The van der Waals surface area contributed by atoms with Crippen molar-refractivity contribution in [1.82, 2.24) is 5.32 Å². The Morgan fingerprint density at radius 1 is 1.21 bits per heavy atom. The Kier molecular flexibility index (Phi) is 5.22. The average molecular weight is 318 g/mol. The van der Waals surface area contributed by atoms with E-state index >= 15 is 0 Å². The molecule has 19 heavy (non-hydrogen) atoms. The Bertz CT molecular complexity index is 545. The van der Waals surface area contributed by atoms with Crippen molar-refractivity contribution < 1.29 is 4.39 Å². The molecule has 0 aliphatic rings. The van der Waals surface area contributed by atoms with E-state index in [0.717, 1.165) is 30.0 Å². The molecule has 0 spiro atoms. The second-order valence-electron chi connectivity index (χ2n) is 4.20. The van der Waals surface area contributed by atoms with Crippen LogP contribution in [0.15, 0.2) is 24.3 Å². The van der Waals surface area contributed by atoms with Gasteiger partial charge in [0, 0.05) is 16.3 Å². The van der Waals surface area contributed by atoms with Crippen molar-refractivity contribution in [3.63, 3.8) is 0 Å². The van der Waals surface area contributed by atoms with Crippen molar-refractivity contribution in [3.05, 3.63) is 45.0 Å². The summed E-state index contributed by atoms with van der Waals surface area (Å²) in [7, 11) is 0. The highest BCUT2D eigenvalue weighted by Gasteiger charge is 2.10. The highest BCUT2D eigenvalue weighted by atomic mass is 35.5. The predicted molar refractivity (Wildman–Crippen MR) is 81.7 cm³/mol. The van der Waals surface area contributed by atoms with Gasteiger partial charge in [0.05, 0.1) is 10.0 Å². The van der Waals surface area contributed by atoms with Crippen molar-refractivity contribution >= 4 is 34.5 Å². The molecule has 1 heterocycles. The van der Waals surface area contributed by atoms with E-state index in [2.05, 4.69) is 18.3 Å². The Hall–Kier alpha value is -0.610. The summed E-state index contributed by atoms with van der Waals surface area (Å²) in [6, 6.07) is 7.29. The van der Waals surface area contributed by atoms with Crippen molar-refractivity contribution in [2.24, 2.45) is 0 Å². The third-order valence-electron chi connectivity index (χ3n) is 2.66. The average Bonchev–Trinajstić information content (AvgIpc) is 2.84. The van der Waals surface area contributed by atoms with Crippen molar-refractivity contribution in [3.8, 4) is 10.4 Å². The predicted octanol–water partition coefficient (Wildman–Crippen LogP) is 5.36. The van der Waals surface area contributed by atoms with Gasteiger partial charge in [-0.15, -0.1) is 11.3 Å². The topological polar surface area (TPSA) is 12.0 Å². The molecule has 2 aromatic rings. The normalized spacial score (nSPS) is 10.9. The summed E-state index contributed by atoms with van der Waals surface area (Å²) in [6.07, 6.45) is 1.11. The Morgan fingerprint density at radius 2 is 1.89 bits per heavy atom. The zero-order valence-electron chi connectivity index (χ0n) is 10.5. The van der Waals surface area contributed by atoms with Gasteiger partial charge in [0.1, 0.15) is 0 Å². The van der Waals surface area contributed by atoms with Gasteiger partial charge in [-0.3, -0.25) is 0 Å². The maximum absolute atomic E-state index is 13.4. The first-order valence-electron chi connectivity index (χ1n) is 6.06. The van der Waals surface area contributed by atoms with E-state index in [1.165, 1.54) is 4.88 Å². The Morgan fingerprint density at radius 3 is 2.53 bits per heavy atom. The Labute approximate surface area is 126 Å². The van der Waals surface area contributed by atoms with Gasteiger partial charge in [0.25, 0.3) is 0 Å². The monoisotopic (exact) mass is 317 g/mol. The van der Waals surface area contributed by atoms with Crippen LogP contribution in [0.2, 0.25) is 10.0 Å². The van der Waals surface area contributed by atoms with E-state index in [-0.39, 0.29) is 10.0 Å². The van der Waals surface area contributed by atoms with Gasteiger partial charge in [-0.05, 0) is 42.8 Å². The van der Waals surface area contributed by atoms with Crippen molar-refractivity contribution in [2.45, 2.75) is 19.9 Å². The molecule has 0 radical (unpaired) electrons. The molecule has 1 nitrogen and oxygen atoms in total. The number of nitrogens with one attached hydrogen (secondary N) is 1. The van der Waals surface area contributed by atoms with Crippen LogP contribution in [0.3, 0.4) is 0 Å². The quantitative estimate of drug-likeness (QED) is 0.578. The largest absolute Gasteiger partial charge is 0.312 e. The molecule has 0 saturated heterocycles. The fourth-order valence-corrected chi connectivity index (χ4v) is 3.17. The lowest BCUT2D eigenvalue weighted by Crippen LogP contribution is -2.12. The van der Waals surface area contributed by atoms with Gasteiger partial charge in [0.15, 0.2) is 5.82 Å². The van der Waals surface area contributed by atoms with Crippen LogP contribution < -0.4 is 5.32 Å². The molecule has 0 saturated carbocycles. The number of halogens is 3. The molecule has 0 fully saturated rings. The highest BCUT2D eigenvalue weighted by molar-refractivity contribution is 7.15. The van der Waals surface area contributed by atoms with Crippen LogP contribution in [0.4, 0.5) is 4.39 Å². The maximum atomic E-state index is 13.4. The lowest BCUT2D eigenvalue weighted by Gasteiger charge is -2.02. The summed E-state index contributed by atoms with van der Waals surface area (Å²) in [4.78, 5) is 2.28. The van der Waals surface area contributed by atoms with Crippen LogP contribution in [0.5, 0.6) is 0 Å². The summed E-state index contributed by atoms with van der Waals surface area (Å²) in [5.41, 5.74) is 0.850. The third-order valence-corrected chi connectivity index (χ3v) is 4.34. The second-order valence-corrected chi connectivity index (χ2v) is 6.18. The van der Waals surface area contributed by atoms with E-state index in [1.807, 2.05) is 6.07 Å². The van der Waals surface area contributed by atoms with Crippen LogP contribution in [-0.2, 0) is 6.54 Å². The number of thiophene rings is 1. The van der Waals surface area contributed by atoms with Crippen LogP contribution in [0, 0.1) is 5.82 Å². The first kappa shape index (κ1) is 14.8. The van der Waals surface area contributed by atoms with Crippen molar-refractivity contribution in [2.75, 3.05) is 6.54 Å². The molecule has 1 N–H and O–H groups in total. The highest BCUT2D eigenvalue weighted by Crippen LogP contribution is 2.34. The summed E-state index contributed by atoms with van der Waals surface area (Å²) in [5, 5.41) is 3.46. The molecule has 0 aliphatic heterocycles. The minimum absolute atomic E-state index is 0.0570. The summed E-state index contributed by atoms with van der Waals surface area (Å²) < 4.78 is 13.4. The molecule has 5 heteroatoms. The molecular weight excluding hydrogens is 304 g/mol. The van der Waals surface area contributed by atoms with Gasteiger partial charge < -0.3 is 5.32 Å². The lowest BCUT2D eigenvalue weighted by molar-refractivity contribution is 0.629. The fourth-order valence-electron chi connectivity index (χ4n) is 1.71. The number of hydrogen-bond acceptors (Lipinski definition) is 2. The standard InChI is InChI=1S/C14H14Cl2FNS/c1-2-5-18-8-10-3-4-13(19-10)9-6-11(15)14(17)12(16)7-9/h3-4,6-7,18H,2,5,8H2,1H3. The number of hydrogen-bond donors (Lipinski definition) is 1. The fraction of sp³-hybridized carbons (Fsp3) is 0.286. The molecule has 2 rings (SSSR count). The number of benzene rings is 1. The van der Waals surface area contributed by atoms with Crippen LogP contribution in [0.25, 0.3) is 10.4 Å². The maximum Gasteiger partial charge on any atom is 0.160 e. The summed E-state index contributed by atoms with van der Waals surface area (Å²) in [6.45, 7) is 3.98. The van der Waals surface area contributed by atoms with E-state index in [1.54, 1.807) is 23.5 Å². The molecule has 102 valence electrons. The summed E-state index contributed by atoms with van der Waals surface area (Å²) >= 11 is 13.3. The van der Waals surface area contributed by atoms with Crippen LogP contribution in [-0.4, -0.2) is 6.54 Å². The molecule has 0 amide bonds. The van der Waals surface area contributed by atoms with Crippen molar-refractivity contribution in [1.29, 1.82) is 0 Å². The third kappa shape index (κ3) is 3.69. The van der Waals surface area contributed by atoms with Gasteiger partial charge in [-0.25, -0.2) is 4.39 Å². The van der Waals surface area contributed by atoms with Gasteiger partial charge >= 0.3 is 0 Å². The lowest BCUT2D eigenvalue weighted by atomic mass is 10.2. The molecule has 1 aromatic heterocycles. The molecular formula is C14H14Cl2FNS. The van der Waals surface area contributed by atoms with E-state index in [4.69, 9.17) is 23.2 Å². The van der Waals surface area contributed by atoms with Gasteiger partial charge in [-0.1, -0.05) is 30.1 Å². The van der Waals surface area contributed by atoms with E-state index in [9.17, 15) is 4.39 Å². The second kappa shape index (κ2) is 6.71. The smallest absolute Gasteiger partial charge is 0.160 e. The van der Waals surface area contributed by atoms with E-state index in [0.29, 0.717) is 0 Å². The van der Waals surface area contributed by atoms with E-state index < -0.39 is 5.82 Å². The zero-order chi connectivity index (χ0) is 13.8. The molecule has 0 bridgehead atoms. The first-order chi connectivity index (χ1) is 9.11. The van der Waals surface area contributed by atoms with Crippen LogP contribution in [0.1, 0.15) is 18.2 Å². The number of rotatable bonds is 5. The van der Waals surface area contributed by atoms with Gasteiger partial charge in [0.2, 0.25) is 0 Å².